The second kappa shape index (κ2) is 4.31. The molecule has 0 aliphatic carbocycles. The van der Waals surface area contributed by atoms with Crippen molar-refractivity contribution in [2.24, 2.45) is 0 Å². The van der Waals surface area contributed by atoms with Crippen LogP contribution in [0.15, 0.2) is 16.6 Å². The van der Waals surface area contributed by atoms with Gasteiger partial charge in [0.05, 0.1) is 17.7 Å². The number of hydrogen-bond donors (Lipinski definition) is 2. The van der Waals surface area contributed by atoms with Gasteiger partial charge in [0.15, 0.2) is 17.6 Å². The van der Waals surface area contributed by atoms with Gasteiger partial charge in [-0.1, -0.05) is 0 Å². The zero-order valence-electron chi connectivity index (χ0n) is 7.36. The number of methoxy groups -OCH3 is 1. The van der Waals surface area contributed by atoms with Gasteiger partial charge < -0.3 is 14.9 Å². The summed E-state index contributed by atoms with van der Waals surface area (Å²) in [7, 11) is 1.39. The van der Waals surface area contributed by atoms with Gasteiger partial charge in [0.2, 0.25) is 0 Å². The van der Waals surface area contributed by atoms with E-state index in [1.807, 2.05) is 0 Å². The minimum Gasteiger partial charge on any atom is -0.503 e. The van der Waals surface area contributed by atoms with E-state index in [4.69, 9.17) is 10.00 Å². The minimum absolute atomic E-state index is 0.0543. The van der Waals surface area contributed by atoms with Crippen molar-refractivity contribution < 1.29 is 14.9 Å². The lowest BCUT2D eigenvalue weighted by Gasteiger charge is -2.09. The summed E-state index contributed by atoms with van der Waals surface area (Å²) in [5.41, 5.74) is 0.369. The monoisotopic (exact) mass is 257 g/mol. The summed E-state index contributed by atoms with van der Waals surface area (Å²) >= 11 is 3.08. The number of phenols is 1. The minimum atomic E-state index is -1.22. The van der Waals surface area contributed by atoms with E-state index in [0.717, 1.165) is 0 Å². The van der Waals surface area contributed by atoms with Gasteiger partial charge >= 0.3 is 0 Å². The first-order valence-corrected chi connectivity index (χ1v) is 4.53. The zero-order chi connectivity index (χ0) is 10.7. The summed E-state index contributed by atoms with van der Waals surface area (Å²) in [4.78, 5) is 0. The maximum atomic E-state index is 9.44. The highest BCUT2D eigenvalue weighted by molar-refractivity contribution is 9.10. The third-order valence-corrected chi connectivity index (χ3v) is 2.31. The molecule has 1 aromatic rings. The van der Waals surface area contributed by atoms with Crippen LogP contribution < -0.4 is 4.74 Å². The number of nitrogens with zero attached hydrogens (tertiary/aromatic N) is 1. The largest absolute Gasteiger partial charge is 0.503 e. The van der Waals surface area contributed by atoms with Crippen LogP contribution in [-0.2, 0) is 0 Å². The van der Waals surface area contributed by atoms with E-state index in [1.165, 1.54) is 19.2 Å². The molecular formula is C9H8BrNO3. The van der Waals surface area contributed by atoms with Gasteiger partial charge in [-0.15, -0.1) is 0 Å². The fraction of sp³-hybridized carbons (Fsp3) is 0.222. The smallest absolute Gasteiger partial charge is 0.172 e. The number of aliphatic hydroxyl groups is 1. The normalized spacial score (nSPS) is 11.9. The average molecular weight is 258 g/mol. The molecule has 0 aliphatic rings. The first-order chi connectivity index (χ1) is 6.60. The van der Waals surface area contributed by atoms with E-state index >= 15 is 0 Å². The van der Waals surface area contributed by atoms with Crippen LogP contribution in [0, 0.1) is 11.3 Å². The predicted molar refractivity (Wildman–Crippen MR) is 52.9 cm³/mol. The molecule has 14 heavy (non-hydrogen) atoms. The molecule has 1 unspecified atom stereocenters. The molecule has 0 spiro atoms. The Labute approximate surface area is 89.5 Å². The Kier molecular flexibility index (Phi) is 3.33. The Morgan fingerprint density at radius 3 is 2.71 bits per heavy atom. The lowest BCUT2D eigenvalue weighted by molar-refractivity contribution is 0.235. The van der Waals surface area contributed by atoms with E-state index in [0.29, 0.717) is 10.0 Å². The zero-order valence-corrected chi connectivity index (χ0v) is 8.95. The summed E-state index contributed by atoms with van der Waals surface area (Å²) < 4.78 is 5.24. The second-order valence-corrected chi connectivity index (χ2v) is 3.44. The number of nitriles is 1. The molecule has 0 aliphatic heterocycles. The van der Waals surface area contributed by atoms with Crippen molar-refractivity contribution >= 4 is 15.9 Å². The molecule has 1 rings (SSSR count). The van der Waals surface area contributed by atoms with E-state index < -0.39 is 6.10 Å². The van der Waals surface area contributed by atoms with Gasteiger partial charge in [-0.25, -0.2) is 0 Å². The molecule has 0 heterocycles. The number of aromatic hydroxyl groups is 1. The number of rotatable bonds is 2. The van der Waals surface area contributed by atoms with Gasteiger partial charge in [0.25, 0.3) is 0 Å². The first kappa shape index (κ1) is 10.8. The lowest BCUT2D eigenvalue weighted by atomic mass is 10.1. The number of benzene rings is 1. The van der Waals surface area contributed by atoms with Gasteiger partial charge in [0.1, 0.15) is 0 Å². The number of hydrogen-bond acceptors (Lipinski definition) is 4. The third kappa shape index (κ3) is 1.97. The highest BCUT2D eigenvalue weighted by Crippen LogP contribution is 2.36. The van der Waals surface area contributed by atoms with Crippen molar-refractivity contribution in [1.29, 1.82) is 5.26 Å². The maximum absolute atomic E-state index is 9.44. The Morgan fingerprint density at radius 2 is 2.21 bits per heavy atom. The molecule has 0 fully saturated rings. The molecule has 4 nitrogen and oxygen atoms in total. The summed E-state index contributed by atoms with van der Waals surface area (Å²) in [6, 6.07) is 4.55. The summed E-state index contributed by atoms with van der Waals surface area (Å²) in [5, 5.41) is 27.2. The van der Waals surface area contributed by atoms with Gasteiger partial charge in [-0.3, -0.25) is 0 Å². The molecule has 1 aromatic carbocycles. The third-order valence-electron chi connectivity index (χ3n) is 1.71. The van der Waals surface area contributed by atoms with Crippen LogP contribution in [0.5, 0.6) is 11.5 Å². The van der Waals surface area contributed by atoms with Crippen LogP contribution in [0.25, 0.3) is 0 Å². The number of phenolic OH excluding ortho intramolecular Hbond substituents is 1. The van der Waals surface area contributed by atoms with Gasteiger partial charge in [-0.05, 0) is 33.6 Å². The van der Waals surface area contributed by atoms with Crippen LogP contribution in [0.1, 0.15) is 11.7 Å². The molecule has 0 bridgehead atoms. The average Bonchev–Trinajstić information content (AvgIpc) is 2.20. The highest BCUT2D eigenvalue weighted by atomic mass is 79.9. The molecular weight excluding hydrogens is 250 g/mol. The number of aliphatic hydroxyl groups excluding tert-OH is 1. The summed E-state index contributed by atoms with van der Waals surface area (Å²) in [6.07, 6.45) is -1.22. The quantitative estimate of drug-likeness (QED) is 0.792. The molecule has 2 N–H and O–H groups in total. The standard InChI is InChI=1S/C9H8BrNO3/c1-14-8-3-5(7(12)4-11)2-6(10)9(8)13/h2-3,7,12-13H,1H3. The van der Waals surface area contributed by atoms with Crippen molar-refractivity contribution in [3.63, 3.8) is 0 Å². The van der Waals surface area contributed by atoms with Crippen molar-refractivity contribution in [3.8, 4) is 17.6 Å². The van der Waals surface area contributed by atoms with E-state index in [1.54, 1.807) is 6.07 Å². The summed E-state index contributed by atoms with van der Waals surface area (Å²) in [5.74, 6) is 0.157. The number of ether oxygens (including phenoxy) is 1. The molecule has 74 valence electrons. The van der Waals surface area contributed by atoms with Crippen molar-refractivity contribution in [2.75, 3.05) is 7.11 Å². The highest BCUT2D eigenvalue weighted by Gasteiger charge is 2.13. The Hall–Kier alpha value is -1.25. The first-order valence-electron chi connectivity index (χ1n) is 3.74. The predicted octanol–water partition coefficient (Wildman–Crippen LogP) is 1.72. The van der Waals surface area contributed by atoms with Crippen molar-refractivity contribution in [2.45, 2.75) is 6.10 Å². The molecule has 0 radical (unpaired) electrons. The van der Waals surface area contributed by atoms with Crippen LogP contribution in [-0.4, -0.2) is 17.3 Å². The SMILES string of the molecule is COc1cc(C(O)C#N)cc(Br)c1O. The number of halogens is 1. The molecule has 5 heteroatoms. The fourth-order valence-electron chi connectivity index (χ4n) is 0.982. The van der Waals surface area contributed by atoms with Crippen LogP contribution >= 0.6 is 15.9 Å². The van der Waals surface area contributed by atoms with E-state index in [-0.39, 0.29) is 11.5 Å². The Balaban J connectivity index is 3.24. The van der Waals surface area contributed by atoms with Crippen LogP contribution in [0.3, 0.4) is 0 Å². The molecule has 0 amide bonds. The molecule has 0 saturated carbocycles. The van der Waals surface area contributed by atoms with Crippen LogP contribution in [0.2, 0.25) is 0 Å². The van der Waals surface area contributed by atoms with Crippen molar-refractivity contribution in [1.82, 2.24) is 0 Å². The van der Waals surface area contributed by atoms with Crippen molar-refractivity contribution in [3.05, 3.63) is 22.2 Å². The molecule has 0 saturated heterocycles. The van der Waals surface area contributed by atoms with E-state index in [2.05, 4.69) is 15.9 Å². The molecule has 0 aromatic heterocycles. The topological polar surface area (TPSA) is 73.5 Å². The molecule has 1 atom stereocenters. The van der Waals surface area contributed by atoms with E-state index in [9.17, 15) is 10.2 Å². The summed E-state index contributed by atoms with van der Waals surface area (Å²) in [6.45, 7) is 0. The van der Waals surface area contributed by atoms with Crippen LogP contribution in [0.4, 0.5) is 0 Å². The fourth-order valence-corrected chi connectivity index (χ4v) is 1.44. The van der Waals surface area contributed by atoms with Gasteiger partial charge in [0, 0.05) is 0 Å². The lowest BCUT2D eigenvalue weighted by Crippen LogP contribution is -1.95. The second-order valence-electron chi connectivity index (χ2n) is 2.59. The van der Waals surface area contributed by atoms with Gasteiger partial charge in [-0.2, -0.15) is 5.26 Å². The maximum Gasteiger partial charge on any atom is 0.172 e. The Morgan fingerprint density at radius 1 is 1.57 bits per heavy atom. The Bertz CT molecular complexity index is 386.